The number of carbonyl (C=O) groups is 4. The van der Waals surface area contributed by atoms with Gasteiger partial charge in [0, 0.05) is 37.6 Å². The fourth-order valence-corrected chi connectivity index (χ4v) is 7.03. The first-order valence-electron chi connectivity index (χ1n) is 18.2. The first kappa shape index (κ1) is 37.8. The summed E-state index contributed by atoms with van der Waals surface area (Å²) in [7, 11) is 5.23. The molecule has 280 valence electrons. The lowest BCUT2D eigenvalue weighted by molar-refractivity contribution is -0.144. The zero-order valence-corrected chi connectivity index (χ0v) is 30.8. The van der Waals surface area contributed by atoms with Gasteiger partial charge >= 0.3 is 0 Å². The summed E-state index contributed by atoms with van der Waals surface area (Å²) in [4.78, 5) is 60.4. The fourth-order valence-electron chi connectivity index (χ4n) is 7.03. The highest BCUT2D eigenvalue weighted by atomic mass is 16.5. The first-order valence-corrected chi connectivity index (χ1v) is 18.2. The van der Waals surface area contributed by atoms with Crippen molar-refractivity contribution >= 4 is 29.7 Å². The van der Waals surface area contributed by atoms with Gasteiger partial charge in [-0.25, -0.2) is 0 Å². The Kier molecular flexibility index (Phi) is 12.4. The SMILES string of the molecule is COc1ccc2cc1/C=C\NC(=O)C(Cc1ccccc1)NC(=O)C1C(CCN1C(=O)C(Cc1ccccc1)NC(=O)C(Cc1ccccc1)N(C)C)O2. The highest BCUT2D eigenvalue weighted by molar-refractivity contribution is 5.96. The van der Waals surface area contributed by atoms with E-state index < -0.39 is 48.0 Å². The van der Waals surface area contributed by atoms with Crippen LogP contribution < -0.4 is 25.4 Å². The van der Waals surface area contributed by atoms with Crippen LogP contribution in [0.1, 0.15) is 28.7 Å². The van der Waals surface area contributed by atoms with E-state index in [2.05, 4.69) is 16.0 Å². The Bertz CT molecular complexity index is 1940. The van der Waals surface area contributed by atoms with Crippen LogP contribution in [-0.2, 0) is 38.4 Å². The van der Waals surface area contributed by atoms with Crippen molar-refractivity contribution in [3.8, 4) is 11.5 Å². The molecule has 5 atom stereocenters. The van der Waals surface area contributed by atoms with E-state index >= 15 is 0 Å². The van der Waals surface area contributed by atoms with Gasteiger partial charge in [-0.2, -0.15) is 0 Å². The molecule has 2 heterocycles. The van der Waals surface area contributed by atoms with Crippen LogP contribution in [0, 0.1) is 0 Å². The number of likely N-dealkylation sites (N-methyl/N-ethyl adjacent to an activating group) is 1. The van der Waals surface area contributed by atoms with Crippen LogP contribution in [0.25, 0.3) is 6.08 Å². The smallest absolute Gasteiger partial charge is 0.247 e. The van der Waals surface area contributed by atoms with Gasteiger partial charge in [0.2, 0.25) is 23.6 Å². The lowest BCUT2D eigenvalue weighted by Gasteiger charge is -2.33. The number of nitrogens with zero attached hydrogens (tertiary/aromatic N) is 2. The van der Waals surface area contributed by atoms with Crippen molar-refractivity contribution in [1.29, 1.82) is 0 Å². The third-order valence-corrected chi connectivity index (χ3v) is 9.88. The summed E-state index contributed by atoms with van der Waals surface area (Å²) < 4.78 is 12.0. The molecule has 5 unspecified atom stereocenters. The molecule has 6 rings (SSSR count). The van der Waals surface area contributed by atoms with Gasteiger partial charge in [0.05, 0.1) is 13.2 Å². The average molecular weight is 730 g/mol. The molecular weight excluding hydrogens is 683 g/mol. The Balaban J connectivity index is 1.33. The molecule has 2 aliphatic heterocycles. The molecule has 4 amide bonds. The van der Waals surface area contributed by atoms with E-state index in [9.17, 15) is 19.2 Å². The summed E-state index contributed by atoms with van der Waals surface area (Å²) in [5.74, 6) is -0.626. The van der Waals surface area contributed by atoms with Gasteiger partial charge in [-0.1, -0.05) is 91.0 Å². The summed E-state index contributed by atoms with van der Waals surface area (Å²) >= 11 is 0. The fraction of sp³-hybridized carbons (Fsp3) is 0.302. The molecule has 0 spiro atoms. The molecule has 11 heteroatoms. The topological polar surface area (TPSA) is 129 Å². The van der Waals surface area contributed by atoms with E-state index in [4.69, 9.17) is 9.47 Å². The largest absolute Gasteiger partial charge is 0.496 e. The van der Waals surface area contributed by atoms with E-state index in [0.29, 0.717) is 29.9 Å². The number of carbonyl (C=O) groups excluding carboxylic acids is 4. The Morgan fingerprint density at radius 3 is 2.13 bits per heavy atom. The van der Waals surface area contributed by atoms with Crippen LogP contribution in [0.15, 0.2) is 115 Å². The van der Waals surface area contributed by atoms with Gasteiger partial charge in [0.1, 0.15) is 35.7 Å². The maximum atomic E-state index is 14.8. The van der Waals surface area contributed by atoms with Gasteiger partial charge in [0.25, 0.3) is 0 Å². The molecule has 1 fully saturated rings. The molecule has 11 nitrogen and oxygen atoms in total. The number of rotatable bonds is 11. The van der Waals surface area contributed by atoms with Crippen LogP contribution in [0.4, 0.5) is 0 Å². The van der Waals surface area contributed by atoms with Crippen molar-refractivity contribution in [3.63, 3.8) is 0 Å². The monoisotopic (exact) mass is 729 g/mol. The number of ether oxygens (including phenoxy) is 2. The average Bonchev–Trinajstić information content (AvgIpc) is 3.60. The zero-order valence-electron chi connectivity index (χ0n) is 30.8. The number of hydrogen-bond donors (Lipinski definition) is 3. The molecule has 3 N–H and O–H groups in total. The number of nitrogens with one attached hydrogen (secondary N) is 3. The van der Waals surface area contributed by atoms with E-state index in [-0.39, 0.29) is 25.3 Å². The van der Waals surface area contributed by atoms with Crippen LogP contribution in [0.2, 0.25) is 0 Å². The van der Waals surface area contributed by atoms with Crippen molar-refractivity contribution in [3.05, 3.63) is 138 Å². The second kappa shape index (κ2) is 17.7. The van der Waals surface area contributed by atoms with E-state index in [1.165, 1.54) is 11.1 Å². The Morgan fingerprint density at radius 2 is 1.50 bits per heavy atom. The van der Waals surface area contributed by atoms with Gasteiger partial charge in [-0.15, -0.1) is 0 Å². The molecule has 54 heavy (non-hydrogen) atoms. The van der Waals surface area contributed by atoms with Gasteiger partial charge in [0.15, 0.2) is 0 Å². The third-order valence-electron chi connectivity index (χ3n) is 9.88. The number of methoxy groups -OCH3 is 1. The summed E-state index contributed by atoms with van der Waals surface area (Å²) in [5.41, 5.74) is 3.35. The van der Waals surface area contributed by atoms with E-state index in [0.717, 1.165) is 16.7 Å². The maximum absolute atomic E-state index is 14.8. The van der Waals surface area contributed by atoms with E-state index in [1.54, 1.807) is 31.4 Å². The number of fused-ring (bicyclic) bond motifs is 3. The lowest BCUT2D eigenvalue weighted by atomic mass is 10.0. The molecule has 4 aromatic rings. The molecule has 2 bridgehead atoms. The molecule has 1 saturated heterocycles. The van der Waals surface area contributed by atoms with Crippen LogP contribution >= 0.6 is 0 Å². The summed E-state index contributed by atoms with van der Waals surface area (Å²) in [6.07, 6.45) is 3.69. The minimum absolute atomic E-state index is 0.197. The Hall–Kier alpha value is -5.94. The highest BCUT2D eigenvalue weighted by Crippen LogP contribution is 2.30. The van der Waals surface area contributed by atoms with Crippen molar-refractivity contribution in [2.24, 2.45) is 0 Å². The lowest BCUT2D eigenvalue weighted by Crippen LogP contribution is -2.60. The number of likely N-dealkylation sites (tertiary alicyclic amines) is 1. The Morgan fingerprint density at radius 1 is 0.870 bits per heavy atom. The van der Waals surface area contributed by atoms with Crippen molar-refractivity contribution in [2.75, 3.05) is 27.7 Å². The molecule has 0 aliphatic carbocycles. The van der Waals surface area contributed by atoms with Crippen molar-refractivity contribution < 1.29 is 28.7 Å². The first-order chi connectivity index (χ1) is 26.2. The molecular formula is C43H47N5O6. The predicted molar refractivity (Wildman–Crippen MR) is 206 cm³/mol. The van der Waals surface area contributed by atoms with Gasteiger partial charge in [-0.05, 0) is 61.5 Å². The normalized spacial score (nSPS) is 20.1. The second-order valence-electron chi connectivity index (χ2n) is 13.8. The standard InChI is InChI=1S/C43H47N5O6/c1-47(2)36(27-31-17-11-6-12-18-31)41(50)46-35(26-30-15-9-5-10-16-30)43(52)48-24-22-38-39(48)42(51)45-34(25-29-13-7-4-8-14-29)40(49)44-23-21-32-28-33(54-38)19-20-37(32)53-3/h4-21,23,28,34-36,38-39H,22,24-27H2,1-3H3,(H,44,49)(H,45,51)(H,46,50)/b23-21-. The predicted octanol–water partition coefficient (Wildman–Crippen LogP) is 3.77. The minimum Gasteiger partial charge on any atom is -0.496 e. The van der Waals surface area contributed by atoms with Crippen LogP contribution in [0.5, 0.6) is 11.5 Å². The maximum Gasteiger partial charge on any atom is 0.247 e. The van der Waals surface area contributed by atoms with Crippen LogP contribution in [-0.4, -0.2) is 91.4 Å². The summed E-state index contributed by atoms with van der Waals surface area (Å²) in [6.45, 7) is 0.197. The Labute approximate surface area is 316 Å². The summed E-state index contributed by atoms with van der Waals surface area (Å²) in [6, 6.07) is 30.3. The molecule has 0 aromatic heterocycles. The molecule has 0 saturated carbocycles. The number of amides is 4. The number of hydrogen-bond acceptors (Lipinski definition) is 7. The second-order valence-corrected chi connectivity index (χ2v) is 13.8. The summed E-state index contributed by atoms with van der Waals surface area (Å²) in [5, 5.41) is 8.83. The third kappa shape index (κ3) is 9.34. The molecule has 2 aliphatic rings. The zero-order chi connectivity index (χ0) is 38.0. The molecule has 0 radical (unpaired) electrons. The van der Waals surface area contributed by atoms with Gasteiger partial charge in [-0.3, -0.25) is 24.1 Å². The highest BCUT2D eigenvalue weighted by Gasteiger charge is 2.46. The minimum atomic E-state index is -1.10. The van der Waals surface area contributed by atoms with E-state index in [1.807, 2.05) is 110 Å². The quantitative estimate of drug-likeness (QED) is 0.215. The van der Waals surface area contributed by atoms with Gasteiger partial charge < -0.3 is 30.3 Å². The van der Waals surface area contributed by atoms with Crippen molar-refractivity contribution in [1.82, 2.24) is 25.8 Å². The van der Waals surface area contributed by atoms with Crippen molar-refractivity contribution in [2.45, 2.75) is 56.0 Å². The number of benzene rings is 4. The molecule has 4 aromatic carbocycles. The van der Waals surface area contributed by atoms with Crippen LogP contribution in [0.3, 0.4) is 0 Å².